The summed E-state index contributed by atoms with van der Waals surface area (Å²) in [7, 11) is 0. The van der Waals surface area contributed by atoms with E-state index in [1.807, 2.05) is 36.4 Å². The second-order valence-corrected chi connectivity index (χ2v) is 7.28. The number of hydrogen-bond acceptors (Lipinski definition) is 2. The lowest BCUT2D eigenvalue weighted by Gasteiger charge is -2.18. The Bertz CT molecular complexity index is 942. The van der Waals surface area contributed by atoms with Crippen LogP contribution in [0.4, 0.5) is 10.1 Å². The summed E-state index contributed by atoms with van der Waals surface area (Å²) in [5, 5.41) is 0.592. The zero-order chi connectivity index (χ0) is 18.8. The second-order valence-electron chi connectivity index (χ2n) is 6.85. The highest BCUT2D eigenvalue weighted by atomic mass is 35.5. The highest BCUT2D eigenvalue weighted by Gasteiger charge is 2.39. The average molecular weight is 380 g/mol. The molecule has 1 aliphatic rings. The molecule has 1 fully saturated rings. The van der Waals surface area contributed by atoms with Crippen LogP contribution in [-0.2, 0) is 0 Å². The predicted molar refractivity (Wildman–Crippen MR) is 107 cm³/mol. The van der Waals surface area contributed by atoms with Crippen LogP contribution in [0.2, 0.25) is 5.02 Å². The molecule has 3 aromatic carbocycles. The topological polar surface area (TPSA) is 20.3 Å². The van der Waals surface area contributed by atoms with Crippen LogP contribution in [0.1, 0.15) is 21.8 Å². The van der Waals surface area contributed by atoms with Crippen molar-refractivity contribution in [2.75, 3.05) is 18.0 Å². The summed E-state index contributed by atoms with van der Waals surface area (Å²) < 4.78 is 14.5. The van der Waals surface area contributed by atoms with E-state index in [0.29, 0.717) is 29.2 Å². The molecule has 1 aliphatic heterocycles. The van der Waals surface area contributed by atoms with Gasteiger partial charge in [0.1, 0.15) is 5.82 Å². The Morgan fingerprint density at radius 3 is 2.26 bits per heavy atom. The summed E-state index contributed by atoms with van der Waals surface area (Å²) in [6, 6.07) is 23.6. The van der Waals surface area contributed by atoms with E-state index in [1.165, 1.54) is 6.07 Å². The van der Waals surface area contributed by atoms with Gasteiger partial charge in [-0.05, 0) is 48.0 Å². The second kappa shape index (κ2) is 7.53. The number of rotatable bonds is 4. The molecule has 1 saturated heterocycles. The summed E-state index contributed by atoms with van der Waals surface area (Å²) >= 11 is 5.96. The monoisotopic (exact) mass is 379 g/mol. The Hall–Kier alpha value is -2.65. The molecule has 0 aliphatic carbocycles. The largest absolute Gasteiger partial charge is 0.370 e. The molecule has 1 heterocycles. The standard InChI is InChI=1S/C23H19ClFNO/c24-17-12-10-16(11-13-17)23(27)21-15-26(18-6-2-1-3-7-18)14-20(21)19-8-4-5-9-22(19)25/h1-13,20-21H,14-15H2/t20-,21+/m1/s1. The first kappa shape index (κ1) is 17.7. The van der Waals surface area contributed by atoms with Crippen molar-refractivity contribution in [1.29, 1.82) is 0 Å². The lowest BCUT2D eigenvalue weighted by atomic mass is 9.83. The van der Waals surface area contributed by atoms with Crippen LogP contribution in [0, 0.1) is 11.7 Å². The van der Waals surface area contributed by atoms with E-state index in [0.717, 1.165) is 5.69 Å². The minimum atomic E-state index is -0.316. The van der Waals surface area contributed by atoms with E-state index in [-0.39, 0.29) is 23.4 Å². The molecule has 0 amide bonds. The first-order valence-corrected chi connectivity index (χ1v) is 9.35. The fraction of sp³-hybridized carbons (Fsp3) is 0.174. The molecule has 136 valence electrons. The number of benzene rings is 3. The van der Waals surface area contributed by atoms with Gasteiger partial charge in [0.05, 0.1) is 0 Å². The fourth-order valence-corrected chi connectivity index (χ4v) is 3.96. The Kier molecular flexibility index (Phi) is 4.95. The summed E-state index contributed by atoms with van der Waals surface area (Å²) in [4.78, 5) is 15.4. The summed E-state index contributed by atoms with van der Waals surface area (Å²) in [6.07, 6.45) is 0. The van der Waals surface area contributed by atoms with Crippen molar-refractivity contribution < 1.29 is 9.18 Å². The number of para-hydroxylation sites is 1. The summed E-state index contributed by atoms with van der Waals surface area (Å²) in [5.74, 6) is -0.748. The molecule has 0 unspecified atom stereocenters. The Balaban J connectivity index is 1.70. The fourth-order valence-electron chi connectivity index (χ4n) is 3.84. The van der Waals surface area contributed by atoms with Crippen molar-refractivity contribution in [3.8, 4) is 0 Å². The van der Waals surface area contributed by atoms with Crippen LogP contribution in [0.25, 0.3) is 0 Å². The molecule has 3 aromatic rings. The minimum absolute atomic E-state index is 0.0263. The zero-order valence-corrected chi connectivity index (χ0v) is 15.4. The molecular formula is C23H19ClFNO. The molecule has 0 aromatic heterocycles. The molecular weight excluding hydrogens is 361 g/mol. The average Bonchev–Trinajstić information content (AvgIpc) is 3.14. The van der Waals surface area contributed by atoms with Crippen LogP contribution in [0.5, 0.6) is 0 Å². The molecule has 0 saturated carbocycles. The number of ketones is 1. The highest BCUT2D eigenvalue weighted by Crippen LogP contribution is 2.38. The van der Waals surface area contributed by atoms with E-state index in [1.54, 1.807) is 36.4 Å². The third-order valence-corrected chi connectivity index (χ3v) is 5.46. The third-order valence-electron chi connectivity index (χ3n) is 5.21. The quantitative estimate of drug-likeness (QED) is 0.551. The van der Waals surface area contributed by atoms with Crippen LogP contribution < -0.4 is 4.90 Å². The number of carbonyl (C=O) groups is 1. The van der Waals surface area contributed by atoms with Crippen molar-refractivity contribution in [2.24, 2.45) is 5.92 Å². The first-order chi connectivity index (χ1) is 13.1. The Morgan fingerprint density at radius 2 is 1.56 bits per heavy atom. The van der Waals surface area contributed by atoms with Gasteiger partial charge >= 0.3 is 0 Å². The van der Waals surface area contributed by atoms with Crippen LogP contribution in [0.15, 0.2) is 78.9 Å². The molecule has 0 N–H and O–H groups in total. The maximum absolute atomic E-state index is 14.5. The molecule has 0 spiro atoms. The molecule has 0 bridgehead atoms. The molecule has 4 rings (SSSR count). The first-order valence-electron chi connectivity index (χ1n) is 8.97. The molecule has 0 radical (unpaired) electrons. The van der Waals surface area contributed by atoms with Crippen molar-refractivity contribution in [1.82, 2.24) is 0 Å². The maximum Gasteiger partial charge on any atom is 0.168 e. The lowest BCUT2D eigenvalue weighted by Crippen LogP contribution is -2.23. The molecule has 4 heteroatoms. The van der Waals surface area contributed by atoms with Crippen molar-refractivity contribution in [3.05, 3.63) is 101 Å². The van der Waals surface area contributed by atoms with Gasteiger partial charge in [-0.25, -0.2) is 4.39 Å². The van der Waals surface area contributed by atoms with Gasteiger partial charge < -0.3 is 4.90 Å². The van der Waals surface area contributed by atoms with Crippen LogP contribution in [0.3, 0.4) is 0 Å². The highest BCUT2D eigenvalue weighted by molar-refractivity contribution is 6.30. The number of nitrogens with zero attached hydrogens (tertiary/aromatic N) is 1. The van der Waals surface area contributed by atoms with Gasteiger partial charge in [-0.3, -0.25) is 4.79 Å². The molecule has 27 heavy (non-hydrogen) atoms. The van der Waals surface area contributed by atoms with E-state index in [2.05, 4.69) is 4.90 Å². The minimum Gasteiger partial charge on any atom is -0.370 e. The Morgan fingerprint density at radius 1 is 0.889 bits per heavy atom. The smallest absolute Gasteiger partial charge is 0.168 e. The van der Waals surface area contributed by atoms with Gasteiger partial charge in [0.25, 0.3) is 0 Å². The van der Waals surface area contributed by atoms with E-state index in [4.69, 9.17) is 11.6 Å². The predicted octanol–water partition coefficient (Wildman–Crippen LogP) is 5.58. The van der Waals surface area contributed by atoms with Gasteiger partial charge in [0, 0.05) is 41.2 Å². The number of anilines is 1. The number of halogens is 2. The van der Waals surface area contributed by atoms with Gasteiger partial charge in [0.15, 0.2) is 5.78 Å². The van der Waals surface area contributed by atoms with Crippen molar-refractivity contribution in [2.45, 2.75) is 5.92 Å². The van der Waals surface area contributed by atoms with Gasteiger partial charge in [-0.2, -0.15) is 0 Å². The number of hydrogen-bond donors (Lipinski definition) is 0. The van der Waals surface area contributed by atoms with E-state index < -0.39 is 0 Å². The Labute approximate surface area is 163 Å². The molecule has 2 atom stereocenters. The zero-order valence-electron chi connectivity index (χ0n) is 14.7. The van der Waals surface area contributed by atoms with Crippen molar-refractivity contribution >= 4 is 23.1 Å². The van der Waals surface area contributed by atoms with Gasteiger partial charge in [-0.1, -0.05) is 48.0 Å². The third kappa shape index (κ3) is 3.60. The van der Waals surface area contributed by atoms with E-state index >= 15 is 0 Å². The summed E-state index contributed by atoms with van der Waals surface area (Å²) in [5.41, 5.74) is 2.26. The summed E-state index contributed by atoms with van der Waals surface area (Å²) in [6.45, 7) is 1.17. The van der Waals surface area contributed by atoms with Crippen LogP contribution in [-0.4, -0.2) is 18.9 Å². The maximum atomic E-state index is 14.5. The normalized spacial score (nSPS) is 19.3. The lowest BCUT2D eigenvalue weighted by molar-refractivity contribution is 0.0921. The molecule has 2 nitrogen and oxygen atoms in total. The van der Waals surface area contributed by atoms with Crippen molar-refractivity contribution in [3.63, 3.8) is 0 Å². The van der Waals surface area contributed by atoms with Crippen LogP contribution >= 0.6 is 11.6 Å². The number of carbonyl (C=O) groups excluding carboxylic acids is 1. The SMILES string of the molecule is O=C(c1ccc(Cl)cc1)[C@H]1CN(c2ccccc2)C[C@@H]1c1ccccc1F. The van der Waals surface area contributed by atoms with Gasteiger partial charge in [0.2, 0.25) is 0 Å². The number of Topliss-reactive ketones (excluding diaryl/α,β-unsaturated/α-hetero) is 1. The van der Waals surface area contributed by atoms with Gasteiger partial charge in [-0.15, -0.1) is 0 Å². The van der Waals surface area contributed by atoms with E-state index in [9.17, 15) is 9.18 Å².